The Morgan fingerprint density at radius 1 is 1.31 bits per heavy atom. The van der Waals surface area contributed by atoms with Crippen molar-refractivity contribution in [3.05, 3.63) is 41.3 Å². The number of carbonyl (C=O) groups is 1. The fourth-order valence-corrected chi connectivity index (χ4v) is 2.89. The zero-order valence-electron chi connectivity index (χ0n) is 19.2. The predicted molar refractivity (Wildman–Crippen MR) is 130 cm³/mol. The minimum Gasteiger partial charge on any atom is -0.483 e. The topological polar surface area (TPSA) is 121 Å². The molecule has 0 aliphatic heterocycles. The number of anilines is 2. The average molecular weight is 459 g/mol. The zero-order chi connectivity index (χ0) is 23.9. The van der Waals surface area contributed by atoms with E-state index >= 15 is 0 Å². The molecule has 1 amide bonds. The van der Waals surface area contributed by atoms with Crippen LogP contribution in [0, 0.1) is 12.3 Å². The number of nitrogens with one attached hydrogen (secondary N) is 4. The molecule has 0 saturated heterocycles. The van der Waals surface area contributed by atoms with Gasteiger partial charge in [-0.1, -0.05) is 20.8 Å². The molecule has 2 rings (SSSR count). The van der Waals surface area contributed by atoms with Crippen molar-refractivity contribution in [3.63, 3.8) is 0 Å². The number of aromatic nitrogens is 2. The van der Waals surface area contributed by atoms with Crippen LogP contribution in [-0.4, -0.2) is 40.6 Å². The van der Waals surface area contributed by atoms with Gasteiger partial charge in [0.15, 0.2) is 5.11 Å². The number of carbonyl (C=O) groups excluding carboxylic acids is 1. The SMILES string of the molecule is COC(=O)Nc1cc(C)c(NC(=S)NCc2ccc(OC(C)C=N)cn2)nc1C(C)(C)C. The number of nitrogens with zero attached hydrogens (tertiary/aromatic N) is 2. The first-order valence-corrected chi connectivity index (χ1v) is 10.5. The van der Waals surface area contributed by atoms with E-state index in [1.165, 1.54) is 13.3 Å². The van der Waals surface area contributed by atoms with Crippen LogP contribution in [-0.2, 0) is 16.7 Å². The quantitative estimate of drug-likeness (QED) is 0.360. The van der Waals surface area contributed by atoms with E-state index in [0.29, 0.717) is 34.6 Å². The Hall–Kier alpha value is -3.27. The summed E-state index contributed by atoms with van der Waals surface area (Å²) >= 11 is 5.42. The second-order valence-corrected chi connectivity index (χ2v) is 8.61. The maximum atomic E-state index is 11.7. The molecule has 0 aromatic carbocycles. The molecule has 0 saturated carbocycles. The Morgan fingerprint density at radius 2 is 2.03 bits per heavy atom. The number of ether oxygens (including phenoxy) is 2. The predicted octanol–water partition coefficient (Wildman–Crippen LogP) is 4.16. The zero-order valence-corrected chi connectivity index (χ0v) is 20.0. The van der Waals surface area contributed by atoms with Crippen molar-refractivity contribution in [2.75, 3.05) is 17.7 Å². The molecule has 32 heavy (non-hydrogen) atoms. The Bertz CT molecular complexity index is 973. The van der Waals surface area contributed by atoms with Gasteiger partial charge >= 0.3 is 6.09 Å². The lowest BCUT2D eigenvalue weighted by atomic mass is 9.90. The second kappa shape index (κ2) is 10.9. The molecule has 2 aromatic rings. The first-order chi connectivity index (χ1) is 15.0. The van der Waals surface area contributed by atoms with Gasteiger partial charge in [-0.25, -0.2) is 9.78 Å². The number of aryl methyl sites for hydroxylation is 1. The average Bonchev–Trinajstić information content (AvgIpc) is 2.74. The normalized spacial score (nSPS) is 11.8. The number of methoxy groups -OCH3 is 1. The van der Waals surface area contributed by atoms with Crippen LogP contribution in [0.2, 0.25) is 0 Å². The highest BCUT2D eigenvalue weighted by molar-refractivity contribution is 7.80. The van der Waals surface area contributed by atoms with Gasteiger partial charge in [0.05, 0.1) is 36.9 Å². The largest absolute Gasteiger partial charge is 0.483 e. The van der Waals surface area contributed by atoms with Crippen LogP contribution >= 0.6 is 12.2 Å². The number of rotatable bonds is 7. The standard InChI is InChI=1S/C22H30N6O3S/c1-13-9-17(26-21(29)30-6)18(22(3,4)5)27-19(13)28-20(32)25-11-15-7-8-16(12-24-15)31-14(2)10-23/h7-10,12,14,23H,11H2,1-6H3,(H,26,29)(H2,25,27,28,32). The van der Waals surface area contributed by atoms with Gasteiger partial charge in [-0.15, -0.1) is 0 Å². The van der Waals surface area contributed by atoms with Gasteiger partial charge in [-0.2, -0.15) is 0 Å². The Labute approximate surface area is 193 Å². The molecule has 0 aliphatic carbocycles. The molecule has 2 heterocycles. The smallest absolute Gasteiger partial charge is 0.411 e. The second-order valence-electron chi connectivity index (χ2n) is 8.20. The van der Waals surface area contributed by atoms with E-state index in [-0.39, 0.29) is 11.5 Å². The fourth-order valence-electron chi connectivity index (χ4n) is 2.72. The van der Waals surface area contributed by atoms with Crippen molar-refractivity contribution in [2.45, 2.75) is 52.7 Å². The molecule has 172 valence electrons. The summed E-state index contributed by atoms with van der Waals surface area (Å²) in [4.78, 5) is 20.8. The third-order valence-corrected chi connectivity index (χ3v) is 4.61. The highest BCUT2D eigenvalue weighted by atomic mass is 32.1. The van der Waals surface area contributed by atoms with E-state index in [1.54, 1.807) is 19.2 Å². The minimum absolute atomic E-state index is 0.305. The first kappa shape index (κ1) is 25.0. The van der Waals surface area contributed by atoms with Crippen molar-refractivity contribution in [1.29, 1.82) is 5.41 Å². The van der Waals surface area contributed by atoms with Crippen LogP contribution in [0.5, 0.6) is 5.75 Å². The molecule has 1 unspecified atom stereocenters. The maximum Gasteiger partial charge on any atom is 0.411 e. The molecule has 0 bridgehead atoms. The Morgan fingerprint density at radius 3 is 2.59 bits per heavy atom. The molecule has 10 heteroatoms. The van der Waals surface area contributed by atoms with E-state index in [9.17, 15) is 4.79 Å². The summed E-state index contributed by atoms with van der Waals surface area (Å²) in [5, 5.41) is 16.5. The van der Waals surface area contributed by atoms with Crippen LogP contribution in [0.25, 0.3) is 0 Å². The third-order valence-electron chi connectivity index (χ3n) is 4.36. The maximum absolute atomic E-state index is 11.7. The van der Waals surface area contributed by atoms with E-state index in [2.05, 4.69) is 20.9 Å². The van der Waals surface area contributed by atoms with E-state index in [1.807, 2.05) is 39.8 Å². The summed E-state index contributed by atoms with van der Waals surface area (Å²) in [5.74, 6) is 1.20. The number of hydrogen-bond acceptors (Lipinski definition) is 7. The summed E-state index contributed by atoms with van der Waals surface area (Å²) in [6, 6.07) is 5.47. The van der Waals surface area contributed by atoms with Crippen LogP contribution in [0.3, 0.4) is 0 Å². The first-order valence-electron chi connectivity index (χ1n) is 10.1. The highest BCUT2D eigenvalue weighted by Crippen LogP contribution is 2.31. The van der Waals surface area contributed by atoms with Gasteiger partial charge in [0.1, 0.15) is 17.7 Å². The molecule has 9 nitrogen and oxygen atoms in total. The van der Waals surface area contributed by atoms with Crippen LogP contribution in [0.15, 0.2) is 24.4 Å². The summed E-state index contributed by atoms with van der Waals surface area (Å²) in [6.45, 7) is 10.1. The van der Waals surface area contributed by atoms with Crippen LogP contribution in [0.1, 0.15) is 44.6 Å². The van der Waals surface area contributed by atoms with E-state index in [0.717, 1.165) is 11.3 Å². The molecular formula is C22H30N6O3S. The van der Waals surface area contributed by atoms with E-state index < -0.39 is 6.09 Å². The van der Waals surface area contributed by atoms with Crippen molar-refractivity contribution in [1.82, 2.24) is 15.3 Å². The summed E-state index contributed by atoms with van der Waals surface area (Å²) in [6.07, 6.45) is 1.98. The van der Waals surface area contributed by atoms with Gasteiger partial charge < -0.3 is 25.5 Å². The van der Waals surface area contributed by atoms with Gasteiger partial charge in [0, 0.05) is 11.6 Å². The molecule has 0 radical (unpaired) electrons. The van der Waals surface area contributed by atoms with Crippen molar-refractivity contribution in [3.8, 4) is 5.75 Å². The van der Waals surface area contributed by atoms with E-state index in [4.69, 9.17) is 32.1 Å². The molecule has 4 N–H and O–H groups in total. The molecule has 0 aliphatic rings. The molecule has 0 spiro atoms. The lowest BCUT2D eigenvalue weighted by Crippen LogP contribution is -2.30. The van der Waals surface area contributed by atoms with Gasteiger partial charge in [-0.05, 0) is 49.8 Å². The summed E-state index contributed by atoms with van der Waals surface area (Å²) < 4.78 is 10.2. The van der Waals surface area contributed by atoms with Crippen LogP contribution in [0.4, 0.5) is 16.3 Å². The van der Waals surface area contributed by atoms with Gasteiger partial charge in [0.2, 0.25) is 0 Å². The fraction of sp³-hybridized carbons (Fsp3) is 0.409. The molecular weight excluding hydrogens is 428 g/mol. The summed E-state index contributed by atoms with van der Waals surface area (Å²) in [5.41, 5.74) is 2.57. The number of hydrogen-bond donors (Lipinski definition) is 4. The van der Waals surface area contributed by atoms with Crippen LogP contribution < -0.4 is 20.7 Å². The molecule has 2 aromatic heterocycles. The number of thiocarbonyl (C=S) groups is 1. The Kier molecular flexibility index (Phi) is 8.48. The van der Waals surface area contributed by atoms with Crippen molar-refractivity contribution >= 4 is 41.1 Å². The Balaban J connectivity index is 2.07. The number of pyridine rings is 2. The highest BCUT2D eigenvalue weighted by Gasteiger charge is 2.23. The number of amides is 1. The van der Waals surface area contributed by atoms with Crippen molar-refractivity contribution < 1.29 is 14.3 Å². The lowest BCUT2D eigenvalue weighted by molar-refractivity contribution is 0.187. The molecule has 1 atom stereocenters. The monoisotopic (exact) mass is 458 g/mol. The molecule has 0 fully saturated rings. The third kappa shape index (κ3) is 7.16. The van der Waals surface area contributed by atoms with Gasteiger partial charge in [0.25, 0.3) is 0 Å². The minimum atomic E-state index is -0.550. The van der Waals surface area contributed by atoms with Gasteiger partial charge in [-0.3, -0.25) is 10.3 Å². The lowest BCUT2D eigenvalue weighted by Gasteiger charge is -2.24. The summed E-state index contributed by atoms with van der Waals surface area (Å²) in [7, 11) is 1.32. The van der Waals surface area contributed by atoms with Crippen molar-refractivity contribution in [2.24, 2.45) is 0 Å².